The maximum Gasteiger partial charge on any atom is 0.237 e. The minimum absolute atomic E-state index is 0.0420. The predicted molar refractivity (Wildman–Crippen MR) is 66.0 cm³/mol. The summed E-state index contributed by atoms with van der Waals surface area (Å²) in [4.78, 5) is 11.7. The molecule has 1 saturated heterocycles. The molecule has 0 aromatic heterocycles. The van der Waals surface area contributed by atoms with Gasteiger partial charge in [-0.25, -0.2) is 0 Å². The molecule has 15 heavy (non-hydrogen) atoms. The number of hydrogen-bond acceptors (Lipinski definition) is 3. The van der Waals surface area contributed by atoms with E-state index in [0.717, 1.165) is 43.6 Å². The summed E-state index contributed by atoms with van der Waals surface area (Å²) >= 11 is 1.97. The molecule has 3 nitrogen and oxygen atoms in total. The van der Waals surface area contributed by atoms with Crippen LogP contribution in [0.4, 0.5) is 0 Å². The van der Waals surface area contributed by atoms with Gasteiger partial charge in [-0.1, -0.05) is 19.8 Å². The first-order valence-corrected chi connectivity index (χ1v) is 7.03. The van der Waals surface area contributed by atoms with Crippen LogP contribution in [0, 0.1) is 0 Å². The molecule has 1 heterocycles. The Bertz CT molecular complexity index is 193. The molecule has 88 valence electrons. The van der Waals surface area contributed by atoms with E-state index in [0.29, 0.717) is 6.04 Å². The fourth-order valence-corrected chi connectivity index (χ4v) is 2.81. The number of carbonyl (C=O) groups is 1. The number of amides is 1. The van der Waals surface area contributed by atoms with E-state index in [1.165, 1.54) is 0 Å². The van der Waals surface area contributed by atoms with Crippen LogP contribution in [-0.4, -0.2) is 29.5 Å². The van der Waals surface area contributed by atoms with E-state index in [4.69, 9.17) is 5.73 Å². The Morgan fingerprint density at radius 1 is 1.53 bits per heavy atom. The van der Waals surface area contributed by atoms with Crippen LogP contribution >= 0.6 is 11.8 Å². The van der Waals surface area contributed by atoms with Gasteiger partial charge in [0, 0.05) is 6.04 Å². The molecular formula is C11H22N2OS. The molecule has 1 aliphatic rings. The maximum atomic E-state index is 11.7. The number of carbonyl (C=O) groups excluding carboxylic acids is 1. The Hall–Kier alpha value is -0.220. The van der Waals surface area contributed by atoms with Crippen molar-refractivity contribution in [2.45, 2.75) is 51.1 Å². The SMILES string of the molecule is CCCCC(N)C(=O)NC1CCSCC1. The average molecular weight is 230 g/mol. The molecule has 0 saturated carbocycles. The summed E-state index contributed by atoms with van der Waals surface area (Å²) < 4.78 is 0. The van der Waals surface area contributed by atoms with Gasteiger partial charge in [0.2, 0.25) is 5.91 Å². The van der Waals surface area contributed by atoms with Crippen molar-refractivity contribution in [3.63, 3.8) is 0 Å². The van der Waals surface area contributed by atoms with Crippen LogP contribution in [0.15, 0.2) is 0 Å². The molecule has 1 rings (SSSR count). The third-order valence-corrected chi connectivity index (χ3v) is 3.82. The minimum Gasteiger partial charge on any atom is -0.352 e. The first-order valence-electron chi connectivity index (χ1n) is 5.87. The molecule has 3 N–H and O–H groups in total. The number of rotatable bonds is 5. The third-order valence-electron chi connectivity index (χ3n) is 2.77. The van der Waals surface area contributed by atoms with E-state index in [9.17, 15) is 4.79 Å². The molecule has 1 unspecified atom stereocenters. The molecule has 1 amide bonds. The zero-order chi connectivity index (χ0) is 11.1. The summed E-state index contributed by atoms with van der Waals surface area (Å²) in [5.41, 5.74) is 5.80. The monoisotopic (exact) mass is 230 g/mol. The van der Waals surface area contributed by atoms with Crippen molar-refractivity contribution in [1.29, 1.82) is 0 Å². The van der Waals surface area contributed by atoms with E-state index in [1.807, 2.05) is 11.8 Å². The fraction of sp³-hybridized carbons (Fsp3) is 0.909. The Balaban J connectivity index is 2.20. The van der Waals surface area contributed by atoms with Gasteiger partial charge in [-0.05, 0) is 30.8 Å². The second-order valence-corrected chi connectivity index (χ2v) is 5.37. The normalized spacial score (nSPS) is 19.9. The number of nitrogens with two attached hydrogens (primary N) is 1. The second kappa shape index (κ2) is 7.12. The van der Waals surface area contributed by atoms with E-state index in [1.54, 1.807) is 0 Å². The Labute approximate surface area is 96.6 Å². The largest absolute Gasteiger partial charge is 0.352 e. The lowest BCUT2D eigenvalue weighted by Crippen LogP contribution is -2.46. The number of hydrogen-bond donors (Lipinski definition) is 2. The summed E-state index contributed by atoms with van der Waals surface area (Å²) in [6.45, 7) is 2.11. The number of unbranched alkanes of at least 4 members (excludes halogenated alkanes) is 1. The van der Waals surface area contributed by atoms with Gasteiger partial charge in [0.25, 0.3) is 0 Å². The first-order chi connectivity index (χ1) is 7.24. The molecular weight excluding hydrogens is 208 g/mol. The van der Waals surface area contributed by atoms with Crippen LogP contribution in [0.25, 0.3) is 0 Å². The van der Waals surface area contributed by atoms with Gasteiger partial charge in [0.15, 0.2) is 0 Å². The maximum absolute atomic E-state index is 11.7. The highest BCUT2D eigenvalue weighted by Crippen LogP contribution is 2.16. The van der Waals surface area contributed by atoms with Crippen LogP contribution in [0.2, 0.25) is 0 Å². The Kier molecular flexibility index (Phi) is 6.10. The van der Waals surface area contributed by atoms with Gasteiger partial charge in [0.1, 0.15) is 0 Å². The fourth-order valence-electron chi connectivity index (χ4n) is 1.71. The Morgan fingerprint density at radius 3 is 2.80 bits per heavy atom. The lowest BCUT2D eigenvalue weighted by Gasteiger charge is -2.24. The summed E-state index contributed by atoms with van der Waals surface area (Å²) in [6, 6.07) is 0.0611. The van der Waals surface area contributed by atoms with E-state index in [-0.39, 0.29) is 11.9 Å². The topological polar surface area (TPSA) is 55.1 Å². The van der Waals surface area contributed by atoms with Crippen molar-refractivity contribution in [3.8, 4) is 0 Å². The van der Waals surface area contributed by atoms with E-state index >= 15 is 0 Å². The third kappa shape index (κ3) is 4.89. The summed E-state index contributed by atoms with van der Waals surface area (Å²) in [7, 11) is 0. The zero-order valence-electron chi connectivity index (χ0n) is 9.50. The average Bonchev–Trinajstić information content (AvgIpc) is 2.27. The highest BCUT2D eigenvalue weighted by Gasteiger charge is 2.19. The van der Waals surface area contributed by atoms with Gasteiger partial charge in [-0.3, -0.25) is 4.79 Å². The van der Waals surface area contributed by atoms with E-state index < -0.39 is 0 Å². The van der Waals surface area contributed by atoms with Crippen molar-refractivity contribution in [1.82, 2.24) is 5.32 Å². The van der Waals surface area contributed by atoms with Gasteiger partial charge in [-0.15, -0.1) is 0 Å². The highest BCUT2D eigenvalue weighted by atomic mass is 32.2. The predicted octanol–water partition coefficient (Wildman–Crippen LogP) is 1.52. The standard InChI is InChI=1S/C11H22N2OS/c1-2-3-4-10(12)11(14)13-9-5-7-15-8-6-9/h9-10H,2-8,12H2,1H3,(H,13,14). The van der Waals surface area contributed by atoms with Gasteiger partial charge in [-0.2, -0.15) is 11.8 Å². The van der Waals surface area contributed by atoms with Gasteiger partial charge >= 0.3 is 0 Å². The van der Waals surface area contributed by atoms with E-state index in [2.05, 4.69) is 12.2 Å². The first kappa shape index (κ1) is 12.8. The van der Waals surface area contributed by atoms with Crippen LogP contribution in [-0.2, 0) is 4.79 Å². The molecule has 0 aliphatic carbocycles. The molecule has 0 spiro atoms. The van der Waals surface area contributed by atoms with Crippen molar-refractivity contribution < 1.29 is 4.79 Å². The van der Waals surface area contributed by atoms with Gasteiger partial charge < -0.3 is 11.1 Å². The zero-order valence-corrected chi connectivity index (χ0v) is 10.3. The van der Waals surface area contributed by atoms with Crippen LogP contribution in [0.1, 0.15) is 39.0 Å². The quantitative estimate of drug-likeness (QED) is 0.753. The van der Waals surface area contributed by atoms with Gasteiger partial charge in [0.05, 0.1) is 6.04 Å². The Morgan fingerprint density at radius 2 is 2.20 bits per heavy atom. The molecule has 1 aliphatic heterocycles. The van der Waals surface area contributed by atoms with Crippen molar-refractivity contribution in [3.05, 3.63) is 0 Å². The number of nitrogens with one attached hydrogen (secondary N) is 1. The highest BCUT2D eigenvalue weighted by molar-refractivity contribution is 7.99. The van der Waals surface area contributed by atoms with Crippen molar-refractivity contribution in [2.24, 2.45) is 5.73 Å². The van der Waals surface area contributed by atoms with Crippen LogP contribution in [0.5, 0.6) is 0 Å². The minimum atomic E-state index is -0.306. The molecule has 1 atom stereocenters. The summed E-state index contributed by atoms with van der Waals surface area (Å²) in [5.74, 6) is 2.37. The molecule has 4 heteroatoms. The van der Waals surface area contributed by atoms with Crippen molar-refractivity contribution in [2.75, 3.05) is 11.5 Å². The summed E-state index contributed by atoms with van der Waals surface area (Å²) in [5, 5.41) is 3.05. The van der Waals surface area contributed by atoms with Crippen LogP contribution < -0.4 is 11.1 Å². The lowest BCUT2D eigenvalue weighted by molar-refractivity contribution is -0.123. The van der Waals surface area contributed by atoms with Crippen LogP contribution in [0.3, 0.4) is 0 Å². The lowest BCUT2D eigenvalue weighted by atomic mass is 10.1. The molecule has 0 bridgehead atoms. The molecule has 0 aromatic rings. The molecule has 1 fully saturated rings. The van der Waals surface area contributed by atoms with Crippen molar-refractivity contribution >= 4 is 17.7 Å². The molecule has 0 aromatic carbocycles. The smallest absolute Gasteiger partial charge is 0.237 e. The number of thioether (sulfide) groups is 1. The second-order valence-electron chi connectivity index (χ2n) is 4.14. The summed E-state index contributed by atoms with van der Waals surface area (Å²) in [6.07, 6.45) is 5.13. The molecule has 0 radical (unpaired) electrons.